The van der Waals surface area contributed by atoms with Gasteiger partial charge in [-0.2, -0.15) is 0 Å². The average Bonchev–Trinajstić information content (AvgIpc) is 2.41. The molecular formula is C14H19FN2O4. The Hall–Kier alpha value is -2.15. The van der Waals surface area contributed by atoms with Crippen molar-refractivity contribution in [3.05, 3.63) is 28.6 Å². The standard InChI is InChI=1S/C14H19FN2O4/c1-7-8(6-11(16)14(19)20)12(21-4)10(15)5-9(7)13(18)17(2)3/h5,11H,6,16H2,1-4H3,(H,19,20). The first kappa shape index (κ1) is 16.9. The molecule has 1 unspecified atom stereocenters. The van der Waals surface area contributed by atoms with Gasteiger partial charge < -0.3 is 20.5 Å². The summed E-state index contributed by atoms with van der Waals surface area (Å²) in [5, 5.41) is 8.90. The van der Waals surface area contributed by atoms with E-state index in [1.807, 2.05) is 0 Å². The van der Waals surface area contributed by atoms with Gasteiger partial charge in [0.05, 0.1) is 7.11 Å². The molecule has 0 aliphatic carbocycles. The lowest BCUT2D eigenvalue weighted by Crippen LogP contribution is -2.33. The predicted molar refractivity (Wildman–Crippen MR) is 75.0 cm³/mol. The number of carboxylic acids is 1. The van der Waals surface area contributed by atoms with Crippen LogP contribution in [0.2, 0.25) is 0 Å². The molecule has 1 rings (SSSR count). The highest BCUT2D eigenvalue weighted by atomic mass is 19.1. The van der Waals surface area contributed by atoms with Crippen LogP contribution in [-0.4, -0.2) is 49.1 Å². The van der Waals surface area contributed by atoms with Crippen molar-refractivity contribution in [3.63, 3.8) is 0 Å². The van der Waals surface area contributed by atoms with Crippen LogP contribution in [0.3, 0.4) is 0 Å². The van der Waals surface area contributed by atoms with Gasteiger partial charge in [-0.25, -0.2) is 4.39 Å². The Labute approximate surface area is 122 Å². The summed E-state index contributed by atoms with van der Waals surface area (Å²) in [6.07, 6.45) is -0.129. The Morgan fingerprint density at radius 1 is 1.48 bits per heavy atom. The van der Waals surface area contributed by atoms with Crippen LogP contribution in [0.1, 0.15) is 21.5 Å². The largest absolute Gasteiger partial charge is 0.493 e. The molecule has 116 valence electrons. The fraction of sp³-hybridized carbons (Fsp3) is 0.429. The number of carbonyl (C=O) groups is 2. The van der Waals surface area contributed by atoms with Crippen LogP contribution in [-0.2, 0) is 11.2 Å². The van der Waals surface area contributed by atoms with Crippen LogP contribution in [0, 0.1) is 12.7 Å². The Kier molecular flexibility index (Phi) is 5.26. The summed E-state index contributed by atoms with van der Waals surface area (Å²) in [7, 11) is 4.38. The Morgan fingerprint density at radius 3 is 2.48 bits per heavy atom. The maximum absolute atomic E-state index is 14.1. The number of rotatable bonds is 5. The molecule has 0 aliphatic rings. The van der Waals surface area contributed by atoms with Crippen LogP contribution in [0.4, 0.5) is 4.39 Å². The molecule has 21 heavy (non-hydrogen) atoms. The molecule has 1 aromatic rings. The van der Waals surface area contributed by atoms with Crippen LogP contribution in [0.25, 0.3) is 0 Å². The summed E-state index contributed by atoms with van der Waals surface area (Å²) >= 11 is 0. The molecule has 0 aliphatic heterocycles. The van der Waals surface area contributed by atoms with Crippen molar-refractivity contribution < 1.29 is 23.8 Å². The minimum absolute atomic E-state index is 0.0838. The monoisotopic (exact) mass is 298 g/mol. The van der Waals surface area contributed by atoms with Crippen molar-refractivity contribution in [1.82, 2.24) is 4.90 Å². The van der Waals surface area contributed by atoms with E-state index in [0.717, 1.165) is 6.07 Å². The second-order valence-corrected chi connectivity index (χ2v) is 4.89. The zero-order valence-corrected chi connectivity index (χ0v) is 12.4. The van der Waals surface area contributed by atoms with Gasteiger partial charge in [-0.3, -0.25) is 9.59 Å². The first-order valence-corrected chi connectivity index (χ1v) is 6.26. The van der Waals surface area contributed by atoms with E-state index in [4.69, 9.17) is 15.6 Å². The average molecular weight is 298 g/mol. The van der Waals surface area contributed by atoms with Gasteiger partial charge in [0, 0.05) is 31.6 Å². The second-order valence-electron chi connectivity index (χ2n) is 4.89. The maximum Gasteiger partial charge on any atom is 0.320 e. The predicted octanol–water partition coefficient (Wildman–Crippen LogP) is 0.799. The number of benzene rings is 1. The number of hydrogen-bond acceptors (Lipinski definition) is 4. The van der Waals surface area contributed by atoms with E-state index >= 15 is 0 Å². The number of amides is 1. The fourth-order valence-corrected chi connectivity index (χ4v) is 2.01. The van der Waals surface area contributed by atoms with E-state index in [2.05, 4.69) is 0 Å². The fourth-order valence-electron chi connectivity index (χ4n) is 2.01. The molecule has 0 spiro atoms. The minimum Gasteiger partial charge on any atom is -0.493 e. The summed E-state index contributed by atoms with van der Waals surface area (Å²) in [4.78, 5) is 24.3. The summed E-state index contributed by atoms with van der Waals surface area (Å²) in [5.74, 6) is -2.39. The van der Waals surface area contributed by atoms with Gasteiger partial charge in [0.15, 0.2) is 11.6 Å². The van der Waals surface area contributed by atoms with Gasteiger partial charge >= 0.3 is 5.97 Å². The molecule has 0 heterocycles. The zero-order chi connectivity index (χ0) is 16.3. The Balaban J connectivity index is 3.44. The van der Waals surface area contributed by atoms with E-state index in [0.29, 0.717) is 5.56 Å². The smallest absolute Gasteiger partial charge is 0.320 e. The number of carbonyl (C=O) groups excluding carboxylic acids is 1. The zero-order valence-electron chi connectivity index (χ0n) is 12.4. The van der Waals surface area contributed by atoms with Crippen molar-refractivity contribution >= 4 is 11.9 Å². The van der Waals surface area contributed by atoms with Gasteiger partial charge in [-0.1, -0.05) is 0 Å². The van der Waals surface area contributed by atoms with E-state index < -0.39 is 17.8 Å². The Morgan fingerprint density at radius 2 is 2.05 bits per heavy atom. The van der Waals surface area contributed by atoms with E-state index in [9.17, 15) is 14.0 Å². The molecule has 1 aromatic carbocycles. The van der Waals surface area contributed by atoms with Gasteiger partial charge in [0.2, 0.25) is 0 Å². The van der Waals surface area contributed by atoms with Crippen LogP contribution < -0.4 is 10.5 Å². The highest BCUT2D eigenvalue weighted by Crippen LogP contribution is 2.30. The normalized spacial score (nSPS) is 11.9. The number of halogens is 1. The molecule has 0 saturated carbocycles. The molecule has 3 N–H and O–H groups in total. The number of nitrogens with zero attached hydrogens (tertiary/aromatic N) is 1. The molecular weight excluding hydrogens is 279 g/mol. The lowest BCUT2D eigenvalue weighted by atomic mass is 9.95. The number of carboxylic acid groups (broad SMARTS) is 1. The molecule has 0 aromatic heterocycles. The number of aliphatic carboxylic acids is 1. The van der Waals surface area contributed by atoms with Gasteiger partial charge in [0.25, 0.3) is 5.91 Å². The van der Waals surface area contributed by atoms with Gasteiger partial charge in [-0.15, -0.1) is 0 Å². The maximum atomic E-state index is 14.1. The molecule has 6 nitrogen and oxygen atoms in total. The lowest BCUT2D eigenvalue weighted by Gasteiger charge is -2.19. The number of ether oxygens (including phenoxy) is 1. The second kappa shape index (κ2) is 6.53. The molecule has 1 atom stereocenters. The van der Waals surface area contributed by atoms with E-state index in [-0.39, 0.29) is 29.2 Å². The summed E-state index contributed by atoms with van der Waals surface area (Å²) in [6, 6.07) is -0.117. The highest BCUT2D eigenvalue weighted by molar-refractivity contribution is 5.96. The van der Waals surface area contributed by atoms with Crippen molar-refractivity contribution in [2.75, 3.05) is 21.2 Å². The SMILES string of the molecule is COc1c(F)cc(C(=O)N(C)C)c(C)c1CC(N)C(=O)O. The third-order valence-electron chi connectivity index (χ3n) is 3.20. The third kappa shape index (κ3) is 3.49. The molecule has 0 fully saturated rings. The first-order chi connectivity index (χ1) is 9.70. The van der Waals surface area contributed by atoms with Crippen LogP contribution in [0.5, 0.6) is 5.75 Å². The third-order valence-corrected chi connectivity index (χ3v) is 3.20. The quantitative estimate of drug-likeness (QED) is 0.838. The van der Waals surface area contributed by atoms with Crippen molar-refractivity contribution in [2.45, 2.75) is 19.4 Å². The minimum atomic E-state index is -1.21. The van der Waals surface area contributed by atoms with Crippen molar-refractivity contribution in [1.29, 1.82) is 0 Å². The molecule has 7 heteroatoms. The van der Waals surface area contributed by atoms with Crippen molar-refractivity contribution in [2.24, 2.45) is 5.73 Å². The first-order valence-electron chi connectivity index (χ1n) is 6.26. The van der Waals surface area contributed by atoms with Gasteiger partial charge in [0.1, 0.15) is 6.04 Å². The topological polar surface area (TPSA) is 92.9 Å². The summed E-state index contributed by atoms with van der Waals surface area (Å²) < 4.78 is 19.1. The van der Waals surface area contributed by atoms with Gasteiger partial charge in [-0.05, 0) is 18.6 Å². The summed E-state index contributed by atoms with van der Waals surface area (Å²) in [5.41, 5.74) is 6.41. The van der Waals surface area contributed by atoms with Crippen molar-refractivity contribution in [3.8, 4) is 5.75 Å². The lowest BCUT2D eigenvalue weighted by molar-refractivity contribution is -0.138. The number of nitrogens with two attached hydrogens (primary N) is 1. The van der Waals surface area contributed by atoms with Crippen LogP contribution in [0.15, 0.2) is 6.07 Å². The Bertz CT molecular complexity index is 573. The molecule has 0 bridgehead atoms. The molecule has 0 saturated heterocycles. The van der Waals surface area contributed by atoms with E-state index in [1.165, 1.54) is 12.0 Å². The number of methoxy groups -OCH3 is 1. The molecule has 1 amide bonds. The highest BCUT2D eigenvalue weighted by Gasteiger charge is 2.24. The molecule has 0 radical (unpaired) electrons. The number of hydrogen-bond donors (Lipinski definition) is 2. The summed E-state index contributed by atoms with van der Waals surface area (Å²) in [6.45, 7) is 1.61. The van der Waals surface area contributed by atoms with Crippen LogP contribution >= 0.6 is 0 Å². The van der Waals surface area contributed by atoms with E-state index in [1.54, 1.807) is 21.0 Å².